The fourth-order valence-corrected chi connectivity index (χ4v) is 3.37. The number of halogens is 1. The summed E-state index contributed by atoms with van der Waals surface area (Å²) in [5.74, 6) is -0.123. The molecule has 1 heterocycles. The van der Waals surface area contributed by atoms with Crippen LogP contribution in [-0.4, -0.2) is 19.9 Å². The van der Waals surface area contributed by atoms with E-state index in [2.05, 4.69) is 5.32 Å². The average molecular weight is 310 g/mol. The Kier molecular flexibility index (Phi) is 4.80. The third-order valence-electron chi connectivity index (χ3n) is 2.57. The average Bonchev–Trinajstić information content (AvgIpc) is 2.64. The fourth-order valence-electron chi connectivity index (χ4n) is 1.25. The lowest BCUT2D eigenvalue weighted by Crippen LogP contribution is -2.43. The number of amides is 1. The van der Waals surface area contributed by atoms with Gasteiger partial charge in [0, 0.05) is 21.1 Å². The highest BCUT2D eigenvalue weighted by atomic mass is 35.7. The Labute approximate surface area is 116 Å². The van der Waals surface area contributed by atoms with Gasteiger partial charge in [0.15, 0.2) is 0 Å². The number of hydrogen-bond donors (Lipinski definition) is 1. The molecule has 0 aromatic carbocycles. The lowest BCUT2D eigenvalue weighted by atomic mass is 10.0. The molecule has 1 aromatic rings. The maximum absolute atomic E-state index is 11.8. The number of carbonyl (C=O) groups is 1. The van der Waals surface area contributed by atoms with Crippen LogP contribution in [0.1, 0.15) is 32.1 Å². The summed E-state index contributed by atoms with van der Waals surface area (Å²) in [5.41, 5.74) is -0.254. The van der Waals surface area contributed by atoms with Crippen LogP contribution in [0.25, 0.3) is 0 Å². The van der Waals surface area contributed by atoms with Gasteiger partial charge in [0.05, 0.1) is 6.42 Å². The van der Waals surface area contributed by atoms with Gasteiger partial charge in [0.2, 0.25) is 5.91 Å². The van der Waals surface area contributed by atoms with Gasteiger partial charge < -0.3 is 5.32 Å². The van der Waals surface area contributed by atoms with Gasteiger partial charge in [-0.2, -0.15) is 0 Å². The molecule has 0 aliphatic heterocycles. The third-order valence-corrected chi connectivity index (χ3v) is 5.75. The first-order valence-corrected chi connectivity index (χ1v) is 8.61. The van der Waals surface area contributed by atoms with E-state index in [1.54, 1.807) is 6.07 Å². The summed E-state index contributed by atoms with van der Waals surface area (Å²) in [4.78, 5) is 12.4. The van der Waals surface area contributed by atoms with Crippen LogP contribution in [0.2, 0.25) is 0 Å². The maximum Gasteiger partial charge on any atom is 0.270 e. The summed E-state index contributed by atoms with van der Waals surface area (Å²) in [6.45, 7) is 5.87. The lowest BCUT2D eigenvalue weighted by molar-refractivity contribution is -0.122. The fraction of sp³-hybridized carbons (Fsp3) is 0.545. The summed E-state index contributed by atoms with van der Waals surface area (Å²) < 4.78 is 22.2. The van der Waals surface area contributed by atoms with Gasteiger partial charge in [0.25, 0.3) is 9.05 Å². The van der Waals surface area contributed by atoms with Crippen molar-refractivity contribution < 1.29 is 13.2 Å². The Morgan fingerprint density at radius 2 is 2.06 bits per heavy atom. The molecule has 18 heavy (non-hydrogen) atoms. The van der Waals surface area contributed by atoms with Crippen molar-refractivity contribution in [3.63, 3.8) is 0 Å². The van der Waals surface area contributed by atoms with Gasteiger partial charge in [-0.3, -0.25) is 4.79 Å². The minimum Gasteiger partial charge on any atom is -0.351 e. The Balaban J connectivity index is 2.69. The van der Waals surface area contributed by atoms with Crippen molar-refractivity contribution in [1.82, 2.24) is 5.32 Å². The third kappa shape index (κ3) is 4.59. The first-order valence-electron chi connectivity index (χ1n) is 5.48. The number of thiophene rings is 1. The lowest BCUT2D eigenvalue weighted by Gasteiger charge is -2.24. The van der Waals surface area contributed by atoms with E-state index in [1.807, 2.05) is 20.8 Å². The highest BCUT2D eigenvalue weighted by Crippen LogP contribution is 2.25. The first-order chi connectivity index (χ1) is 8.14. The summed E-state index contributed by atoms with van der Waals surface area (Å²) in [5, 5.41) is 2.89. The molecule has 1 rings (SSSR count). The summed E-state index contributed by atoms with van der Waals surface area (Å²) in [7, 11) is 1.52. The zero-order valence-corrected chi connectivity index (χ0v) is 12.9. The van der Waals surface area contributed by atoms with E-state index in [9.17, 15) is 13.2 Å². The standard InChI is InChI=1S/C11H16ClNO3S2/c1-4-11(2,3)13-9(14)7-8-5-6-10(17-8)18(12,15)16/h5-6H,4,7H2,1-3H3,(H,13,14). The van der Waals surface area contributed by atoms with E-state index in [0.29, 0.717) is 4.88 Å². The Hall–Kier alpha value is -0.590. The van der Waals surface area contributed by atoms with Crippen LogP contribution < -0.4 is 5.32 Å². The maximum atomic E-state index is 11.8. The van der Waals surface area contributed by atoms with E-state index in [-0.39, 0.29) is 22.1 Å². The van der Waals surface area contributed by atoms with Gasteiger partial charge in [-0.1, -0.05) is 6.92 Å². The molecule has 1 aromatic heterocycles. The molecular weight excluding hydrogens is 294 g/mol. The first kappa shape index (κ1) is 15.5. The zero-order chi connectivity index (χ0) is 14.0. The Morgan fingerprint density at radius 3 is 2.50 bits per heavy atom. The summed E-state index contributed by atoms with van der Waals surface area (Å²) >= 11 is 1.02. The van der Waals surface area contributed by atoms with E-state index in [4.69, 9.17) is 10.7 Å². The minimum atomic E-state index is -3.70. The molecule has 1 N–H and O–H groups in total. The molecule has 0 fully saturated rings. The number of carbonyl (C=O) groups excluding carboxylic acids is 1. The van der Waals surface area contributed by atoms with Gasteiger partial charge in [0.1, 0.15) is 4.21 Å². The Morgan fingerprint density at radius 1 is 1.44 bits per heavy atom. The molecule has 0 atom stereocenters. The normalized spacial score (nSPS) is 12.4. The van der Waals surface area contributed by atoms with Crippen LogP contribution in [0.3, 0.4) is 0 Å². The van der Waals surface area contributed by atoms with Gasteiger partial charge in [-0.05, 0) is 32.4 Å². The second kappa shape index (κ2) is 5.59. The van der Waals surface area contributed by atoms with Gasteiger partial charge in [-0.15, -0.1) is 11.3 Å². The summed E-state index contributed by atoms with van der Waals surface area (Å²) in [6, 6.07) is 3.03. The van der Waals surface area contributed by atoms with Crippen LogP contribution in [0.15, 0.2) is 16.3 Å². The monoisotopic (exact) mass is 309 g/mol. The van der Waals surface area contributed by atoms with E-state index in [1.165, 1.54) is 6.07 Å². The molecule has 0 aliphatic carbocycles. The molecule has 4 nitrogen and oxygen atoms in total. The van der Waals surface area contributed by atoms with Crippen LogP contribution in [0.4, 0.5) is 0 Å². The molecule has 102 valence electrons. The van der Waals surface area contributed by atoms with Crippen LogP contribution in [0, 0.1) is 0 Å². The second-order valence-electron chi connectivity index (χ2n) is 4.62. The Bertz CT molecular complexity index is 534. The topological polar surface area (TPSA) is 63.2 Å². The smallest absolute Gasteiger partial charge is 0.270 e. The van der Waals surface area contributed by atoms with E-state index >= 15 is 0 Å². The molecule has 7 heteroatoms. The van der Waals surface area contributed by atoms with Crippen LogP contribution in [0.5, 0.6) is 0 Å². The van der Waals surface area contributed by atoms with Gasteiger partial charge >= 0.3 is 0 Å². The SMILES string of the molecule is CCC(C)(C)NC(=O)Cc1ccc(S(=O)(=O)Cl)s1. The van der Waals surface area contributed by atoms with Crippen LogP contribution >= 0.6 is 22.0 Å². The zero-order valence-electron chi connectivity index (χ0n) is 10.5. The van der Waals surface area contributed by atoms with Crippen molar-refractivity contribution in [3.05, 3.63) is 17.0 Å². The second-order valence-corrected chi connectivity index (χ2v) is 8.58. The summed E-state index contributed by atoms with van der Waals surface area (Å²) in [6.07, 6.45) is 0.991. The van der Waals surface area contributed by atoms with Crippen molar-refractivity contribution in [2.45, 2.75) is 43.4 Å². The van der Waals surface area contributed by atoms with Gasteiger partial charge in [-0.25, -0.2) is 8.42 Å². The van der Waals surface area contributed by atoms with Crippen molar-refractivity contribution in [2.75, 3.05) is 0 Å². The number of rotatable bonds is 5. The van der Waals surface area contributed by atoms with Crippen LogP contribution in [-0.2, 0) is 20.3 Å². The molecule has 0 aliphatic rings. The predicted molar refractivity (Wildman–Crippen MR) is 73.6 cm³/mol. The minimum absolute atomic E-state index is 0.0710. The van der Waals surface area contributed by atoms with Crippen molar-refractivity contribution in [2.24, 2.45) is 0 Å². The highest BCUT2D eigenvalue weighted by molar-refractivity contribution is 8.15. The van der Waals surface area contributed by atoms with Crippen molar-refractivity contribution >= 4 is 37.0 Å². The molecule has 1 amide bonds. The highest BCUT2D eigenvalue weighted by Gasteiger charge is 2.19. The molecule has 0 bridgehead atoms. The van der Waals surface area contributed by atoms with Crippen molar-refractivity contribution in [1.29, 1.82) is 0 Å². The van der Waals surface area contributed by atoms with E-state index < -0.39 is 9.05 Å². The molecule has 0 saturated heterocycles. The van der Waals surface area contributed by atoms with E-state index in [0.717, 1.165) is 17.8 Å². The molecule has 0 saturated carbocycles. The molecular formula is C11H16ClNO3S2. The molecule has 0 spiro atoms. The largest absolute Gasteiger partial charge is 0.351 e. The quantitative estimate of drug-likeness (QED) is 0.850. The predicted octanol–water partition coefficient (Wildman–Crippen LogP) is 2.52. The molecule has 0 unspecified atom stereocenters. The van der Waals surface area contributed by atoms with Crippen molar-refractivity contribution in [3.8, 4) is 0 Å². The number of nitrogens with one attached hydrogen (secondary N) is 1. The molecule has 0 radical (unpaired) electrons. The number of hydrogen-bond acceptors (Lipinski definition) is 4.